The third-order valence-corrected chi connectivity index (χ3v) is 3.75. The Kier molecular flexibility index (Phi) is 4.07. The molecule has 3 nitrogen and oxygen atoms in total. The highest BCUT2D eigenvalue weighted by molar-refractivity contribution is 6.31. The van der Waals surface area contributed by atoms with Crippen LogP contribution >= 0.6 is 11.6 Å². The number of ketones is 1. The first kappa shape index (κ1) is 14.5. The van der Waals surface area contributed by atoms with E-state index in [4.69, 9.17) is 16.3 Å². The Hall–Kier alpha value is -2.39. The first-order valence-electron chi connectivity index (χ1n) is 6.92. The molecule has 0 amide bonds. The number of para-hydroxylation sites is 1. The zero-order chi connectivity index (χ0) is 15.5. The van der Waals surface area contributed by atoms with Crippen molar-refractivity contribution < 1.29 is 9.53 Å². The molecule has 110 valence electrons. The van der Waals surface area contributed by atoms with Crippen molar-refractivity contribution in [3.05, 3.63) is 70.9 Å². The van der Waals surface area contributed by atoms with E-state index in [1.165, 1.54) is 6.92 Å². The zero-order valence-corrected chi connectivity index (χ0v) is 12.8. The maximum absolute atomic E-state index is 11.6. The molecule has 3 rings (SSSR count). The fourth-order valence-electron chi connectivity index (χ4n) is 2.21. The molecule has 0 bridgehead atoms. The van der Waals surface area contributed by atoms with Crippen LogP contribution in [-0.4, -0.2) is 10.8 Å². The summed E-state index contributed by atoms with van der Waals surface area (Å²) in [4.78, 5) is 16.0. The zero-order valence-electron chi connectivity index (χ0n) is 12.0. The molecule has 22 heavy (non-hydrogen) atoms. The van der Waals surface area contributed by atoms with E-state index in [1.807, 2.05) is 48.5 Å². The number of rotatable bonds is 4. The van der Waals surface area contributed by atoms with Gasteiger partial charge >= 0.3 is 0 Å². The number of pyridine rings is 1. The van der Waals surface area contributed by atoms with E-state index < -0.39 is 0 Å². The number of hydrogen-bond donors (Lipinski definition) is 0. The SMILES string of the molecule is CC(=O)c1cc(OCc2ccccc2Cl)c2ccccc2n1. The van der Waals surface area contributed by atoms with Gasteiger partial charge in [0.15, 0.2) is 5.78 Å². The van der Waals surface area contributed by atoms with Gasteiger partial charge in [0.05, 0.1) is 5.52 Å². The van der Waals surface area contributed by atoms with E-state index in [0.29, 0.717) is 23.1 Å². The molecule has 3 aromatic rings. The number of benzene rings is 2. The standard InChI is InChI=1S/C18H14ClNO2/c1-12(21)17-10-18(14-7-3-5-9-16(14)20-17)22-11-13-6-2-4-8-15(13)19/h2-10H,11H2,1H3. The minimum Gasteiger partial charge on any atom is -0.488 e. The van der Waals surface area contributed by atoms with Gasteiger partial charge in [0, 0.05) is 29.0 Å². The Morgan fingerprint density at radius 2 is 1.86 bits per heavy atom. The molecule has 0 aliphatic carbocycles. The number of carbonyl (C=O) groups is 1. The summed E-state index contributed by atoms with van der Waals surface area (Å²) in [5.74, 6) is 0.545. The summed E-state index contributed by atoms with van der Waals surface area (Å²) in [7, 11) is 0. The van der Waals surface area contributed by atoms with Crippen molar-refractivity contribution in [2.75, 3.05) is 0 Å². The lowest BCUT2D eigenvalue weighted by molar-refractivity contribution is 0.101. The second-order valence-electron chi connectivity index (χ2n) is 4.96. The molecule has 0 radical (unpaired) electrons. The van der Waals surface area contributed by atoms with Crippen LogP contribution in [-0.2, 0) is 6.61 Å². The van der Waals surface area contributed by atoms with Gasteiger partial charge in [0.2, 0.25) is 0 Å². The second-order valence-corrected chi connectivity index (χ2v) is 5.37. The van der Waals surface area contributed by atoms with E-state index in [9.17, 15) is 4.79 Å². The lowest BCUT2D eigenvalue weighted by atomic mass is 10.1. The predicted octanol–water partition coefficient (Wildman–Crippen LogP) is 4.67. The highest BCUT2D eigenvalue weighted by Gasteiger charge is 2.10. The van der Waals surface area contributed by atoms with E-state index in [-0.39, 0.29) is 5.78 Å². The molecule has 0 fully saturated rings. The third-order valence-electron chi connectivity index (χ3n) is 3.38. The number of aromatic nitrogens is 1. The van der Waals surface area contributed by atoms with Crippen LogP contribution in [0.1, 0.15) is 23.0 Å². The maximum Gasteiger partial charge on any atom is 0.178 e. The summed E-state index contributed by atoms with van der Waals surface area (Å²) in [6.07, 6.45) is 0. The summed E-state index contributed by atoms with van der Waals surface area (Å²) in [5, 5.41) is 1.53. The summed E-state index contributed by atoms with van der Waals surface area (Å²) in [6.45, 7) is 1.83. The van der Waals surface area contributed by atoms with Gasteiger partial charge < -0.3 is 4.74 Å². The van der Waals surface area contributed by atoms with Gasteiger partial charge in [-0.3, -0.25) is 4.79 Å². The van der Waals surface area contributed by atoms with Gasteiger partial charge in [-0.15, -0.1) is 0 Å². The van der Waals surface area contributed by atoms with Crippen LogP contribution in [0.2, 0.25) is 5.02 Å². The fraction of sp³-hybridized carbons (Fsp3) is 0.111. The lowest BCUT2D eigenvalue weighted by Crippen LogP contribution is -2.02. The number of ether oxygens (including phenoxy) is 1. The highest BCUT2D eigenvalue weighted by Crippen LogP contribution is 2.27. The average Bonchev–Trinajstić information content (AvgIpc) is 2.53. The largest absolute Gasteiger partial charge is 0.488 e. The van der Waals surface area contributed by atoms with Crippen molar-refractivity contribution in [3.63, 3.8) is 0 Å². The second kappa shape index (κ2) is 6.16. The van der Waals surface area contributed by atoms with Crippen LogP contribution in [0.3, 0.4) is 0 Å². The van der Waals surface area contributed by atoms with Crippen molar-refractivity contribution in [3.8, 4) is 5.75 Å². The van der Waals surface area contributed by atoms with E-state index >= 15 is 0 Å². The van der Waals surface area contributed by atoms with Crippen molar-refractivity contribution >= 4 is 28.3 Å². The number of halogens is 1. The topological polar surface area (TPSA) is 39.2 Å². The number of Topliss-reactive ketones (excluding diaryl/α,β-unsaturated/α-hetero) is 1. The van der Waals surface area contributed by atoms with Gasteiger partial charge in [0.25, 0.3) is 0 Å². The molecule has 2 aromatic carbocycles. The number of hydrogen-bond acceptors (Lipinski definition) is 3. The molecule has 0 aliphatic heterocycles. The van der Waals surface area contributed by atoms with Crippen LogP contribution in [0.5, 0.6) is 5.75 Å². The number of carbonyl (C=O) groups excluding carboxylic acids is 1. The summed E-state index contributed by atoms with van der Waals surface area (Å²) < 4.78 is 5.90. The molecule has 0 saturated carbocycles. The minimum absolute atomic E-state index is 0.0895. The van der Waals surface area contributed by atoms with E-state index in [0.717, 1.165) is 16.5 Å². The molecule has 0 N–H and O–H groups in total. The normalized spacial score (nSPS) is 10.6. The number of fused-ring (bicyclic) bond motifs is 1. The Labute approximate surface area is 133 Å². The molecule has 0 saturated heterocycles. The smallest absolute Gasteiger partial charge is 0.178 e. The molecule has 1 heterocycles. The first-order chi connectivity index (χ1) is 10.6. The van der Waals surface area contributed by atoms with E-state index in [1.54, 1.807) is 6.07 Å². The van der Waals surface area contributed by atoms with Gasteiger partial charge in [-0.2, -0.15) is 0 Å². The van der Waals surface area contributed by atoms with E-state index in [2.05, 4.69) is 4.98 Å². The van der Waals surface area contributed by atoms with Gasteiger partial charge in [0.1, 0.15) is 18.1 Å². The summed E-state index contributed by atoms with van der Waals surface area (Å²) in [5.41, 5.74) is 2.03. The van der Waals surface area contributed by atoms with Gasteiger partial charge in [-0.25, -0.2) is 4.98 Å². The average molecular weight is 312 g/mol. The van der Waals surface area contributed by atoms with Crippen molar-refractivity contribution in [2.24, 2.45) is 0 Å². The molecular formula is C18H14ClNO2. The van der Waals surface area contributed by atoms with Crippen LogP contribution in [0.4, 0.5) is 0 Å². The van der Waals surface area contributed by atoms with Crippen LogP contribution < -0.4 is 4.74 Å². The van der Waals surface area contributed by atoms with Crippen LogP contribution in [0.15, 0.2) is 54.6 Å². The summed E-state index contributed by atoms with van der Waals surface area (Å²) in [6, 6.07) is 16.8. The fourth-order valence-corrected chi connectivity index (χ4v) is 2.40. The molecule has 0 aliphatic rings. The Bertz CT molecular complexity index is 845. The quantitative estimate of drug-likeness (QED) is 0.657. The monoisotopic (exact) mass is 311 g/mol. The van der Waals surface area contributed by atoms with Crippen LogP contribution in [0.25, 0.3) is 10.9 Å². The molecular weight excluding hydrogens is 298 g/mol. The van der Waals surface area contributed by atoms with Crippen LogP contribution in [0, 0.1) is 0 Å². The molecule has 0 unspecified atom stereocenters. The predicted molar refractivity (Wildman–Crippen MR) is 87.5 cm³/mol. The maximum atomic E-state index is 11.6. The highest BCUT2D eigenvalue weighted by atomic mass is 35.5. The Morgan fingerprint density at radius 1 is 1.14 bits per heavy atom. The minimum atomic E-state index is -0.0895. The third kappa shape index (κ3) is 2.95. The lowest BCUT2D eigenvalue weighted by Gasteiger charge is -2.11. The van der Waals surface area contributed by atoms with Gasteiger partial charge in [-0.1, -0.05) is 41.9 Å². The molecule has 0 spiro atoms. The van der Waals surface area contributed by atoms with Crippen molar-refractivity contribution in [2.45, 2.75) is 13.5 Å². The number of nitrogens with zero attached hydrogens (tertiary/aromatic N) is 1. The molecule has 4 heteroatoms. The van der Waals surface area contributed by atoms with Crippen molar-refractivity contribution in [1.29, 1.82) is 0 Å². The van der Waals surface area contributed by atoms with Gasteiger partial charge in [-0.05, 0) is 18.2 Å². The molecule has 1 aromatic heterocycles. The first-order valence-corrected chi connectivity index (χ1v) is 7.30. The summed E-state index contributed by atoms with van der Waals surface area (Å²) >= 11 is 6.14. The van der Waals surface area contributed by atoms with Crippen molar-refractivity contribution in [1.82, 2.24) is 4.98 Å². The molecule has 0 atom stereocenters. The Morgan fingerprint density at radius 3 is 2.64 bits per heavy atom. The Balaban J connectivity index is 1.98.